The van der Waals surface area contributed by atoms with Crippen molar-refractivity contribution < 1.29 is 18.7 Å². The monoisotopic (exact) mass is 405 g/mol. The van der Waals surface area contributed by atoms with E-state index in [0.29, 0.717) is 21.9 Å². The third kappa shape index (κ3) is 3.68. The molecule has 1 fully saturated rings. The highest BCUT2D eigenvalue weighted by Crippen LogP contribution is 2.31. The topological polar surface area (TPSA) is 61.9 Å². The first-order chi connectivity index (χ1) is 13.3. The summed E-state index contributed by atoms with van der Waals surface area (Å²) in [6.07, 6.45) is 0. The van der Waals surface area contributed by atoms with E-state index in [0.717, 1.165) is 4.90 Å². The zero-order chi connectivity index (χ0) is 20.5. The Bertz CT molecular complexity index is 903. The molecule has 1 heterocycles. The first-order valence-electron chi connectivity index (χ1n) is 8.66. The lowest BCUT2D eigenvalue weighted by Crippen LogP contribution is -2.42. The van der Waals surface area contributed by atoms with Gasteiger partial charge in [0.25, 0.3) is 5.91 Å². The molecule has 0 bridgehead atoms. The predicted octanol–water partition coefficient (Wildman–Crippen LogP) is 3.34. The molecular weight excluding hydrogens is 385 g/mol. The number of rotatable bonds is 6. The minimum absolute atomic E-state index is 0.00507. The number of benzene rings is 2. The van der Waals surface area contributed by atoms with E-state index in [1.54, 1.807) is 49.2 Å². The number of halogens is 2. The Morgan fingerprint density at radius 1 is 1.25 bits per heavy atom. The van der Waals surface area contributed by atoms with Crippen LogP contribution in [0.15, 0.2) is 42.5 Å². The van der Waals surface area contributed by atoms with Gasteiger partial charge in [-0.05, 0) is 43.8 Å². The summed E-state index contributed by atoms with van der Waals surface area (Å²) in [6, 6.07) is 10.9. The van der Waals surface area contributed by atoms with Crippen molar-refractivity contribution in [1.29, 1.82) is 0 Å². The maximum atomic E-state index is 14.0. The van der Waals surface area contributed by atoms with Gasteiger partial charge in [0.05, 0.1) is 13.8 Å². The van der Waals surface area contributed by atoms with Crippen LogP contribution in [0.5, 0.6) is 5.75 Å². The van der Waals surface area contributed by atoms with E-state index in [-0.39, 0.29) is 13.2 Å². The van der Waals surface area contributed by atoms with Crippen LogP contribution in [0.1, 0.15) is 18.1 Å². The number of amides is 3. The smallest absolute Gasteiger partial charge is 0.326 e. The quantitative estimate of drug-likeness (QED) is 0.749. The zero-order valence-electron chi connectivity index (χ0n) is 15.8. The van der Waals surface area contributed by atoms with Crippen LogP contribution in [0.3, 0.4) is 0 Å². The predicted molar refractivity (Wildman–Crippen MR) is 103 cm³/mol. The Kier molecular flexibility index (Phi) is 5.58. The molecule has 0 aromatic heterocycles. The second kappa shape index (κ2) is 7.77. The van der Waals surface area contributed by atoms with Crippen LogP contribution in [0.2, 0.25) is 5.02 Å². The summed E-state index contributed by atoms with van der Waals surface area (Å²) >= 11 is 6.06. The average molecular weight is 406 g/mol. The number of carbonyl (C=O) groups is 2. The molecule has 0 saturated carbocycles. The lowest BCUT2D eigenvalue weighted by atomic mass is 9.92. The molecule has 1 aliphatic heterocycles. The number of hydrogen-bond donors (Lipinski definition) is 1. The SMILES string of the molecule is COc1cccc([C@@]2(C)NC(=O)N(CN(C)Cc3c(F)cccc3Cl)C2=O)c1. The first-order valence-corrected chi connectivity index (χ1v) is 9.04. The van der Waals surface area contributed by atoms with Crippen molar-refractivity contribution in [1.82, 2.24) is 15.1 Å². The molecule has 1 saturated heterocycles. The van der Waals surface area contributed by atoms with Crippen molar-refractivity contribution in [2.75, 3.05) is 20.8 Å². The molecule has 1 N–H and O–H groups in total. The first kappa shape index (κ1) is 20.1. The fraction of sp³-hybridized carbons (Fsp3) is 0.300. The van der Waals surface area contributed by atoms with E-state index >= 15 is 0 Å². The number of nitrogens with one attached hydrogen (secondary N) is 1. The average Bonchev–Trinajstić information content (AvgIpc) is 2.89. The Morgan fingerprint density at radius 2 is 1.96 bits per heavy atom. The fourth-order valence-corrected chi connectivity index (χ4v) is 3.42. The Hall–Kier alpha value is -2.64. The highest BCUT2D eigenvalue weighted by atomic mass is 35.5. The number of methoxy groups -OCH3 is 1. The summed E-state index contributed by atoms with van der Waals surface area (Å²) in [7, 11) is 3.22. The van der Waals surface area contributed by atoms with Crippen molar-refractivity contribution >= 4 is 23.5 Å². The highest BCUT2D eigenvalue weighted by Gasteiger charge is 2.49. The van der Waals surface area contributed by atoms with Gasteiger partial charge in [-0.3, -0.25) is 9.69 Å². The second-order valence-corrected chi connectivity index (χ2v) is 7.28. The van der Waals surface area contributed by atoms with E-state index < -0.39 is 23.3 Å². The van der Waals surface area contributed by atoms with Crippen LogP contribution < -0.4 is 10.1 Å². The van der Waals surface area contributed by atoms with Gasteiger partial charge in [0, 0.05) is 17.1 Å². The van der Waals surface area contributed by atoms with Crippen LogP contribution in [0.25, 0.3) is 0 Å². The van der Waals surface area contributed by atoms with Crippen LogP contribution >= 0.6 is 11.6 Å². The molecule has 2 aromatic rings. The van der Waals surface area contributed by atoms with Crippen molar-refractivity contribution in [2.45, 2.75) is 19.0 Å². The van der Waals surface area contributed by atoms with Gasteiger partial charge in [-0.25, -0.2) is 14.1 Å². The van der Waals surface area contributed by atoms with Crippen molar-refractivity contribution in [3.63, 3.8) is 0 Å². The Labute approximate surface area is 167 Å². The second-order valence-electron chi connectivity index (χ2n) is 6.88. The molecule has 2 aromatic carbocycles. The highest BCUT2D eigenvalue weighted by molar-refractivity contribution is 6.31. The molecule has 8 heteroatoms. The van der Waals surface area contributed by atoms with Gasteiger partial charge in [0.2, 0.25) is 0 Å². The van der Waals surface area contributed by atoms with E-state index in [2.05, 4.69) is 5.32 Å². The van der Waals surface area contributed by atoms with Crippen LogP contribution in [-0.2, 0) is 16.9 Å². The van der Waals surface area contributed by atoms with Crippen molar-refractivity contribution in [2.24, 2.45) is 0 Å². The molecule has 1 atom stereocenters. The molecule has 1 aliphatic rings. The lowest BCUT2D eigenvalue weighted by Gasteiger charge is -2.25. The zero-order valence-corrected chi connectivity index (χ0v) is 16.6. The summed E-state index contributed by atoms with van der Waals surface area (Å²) in [5, 5.41) is 3.04. The number of urea groups is 1. The molecule has 6 nitrogen and oxygen atoms in total. The van der Waals surface area contributed by atoms with E-state index in [1.165, 1.54) is 19.2 Å². The van der Waals surface area contributed by atoms with Gasteiger partial charge in [0.15, 0.2) is 0 Å². The molecular formula is C20H21ClFN3O3. The summed E-state index contributed by atoms with van der Waals surface area (Å²) in [6.45, 7) is 1.79. The normalized spacial score (nSPS) is 19.3. The number of hydrogen-bond acceptors (Lipinski definition) is 4. The maximum absolute atomic E-state index is 14.0. The Balaban J connectivity index is 1.78. The van der Waals surface area contributed by atoms with Crippen LogP contribution in [0, 0.1) is 5.82 Å². The summed E-state index contributed by atoms with van der Waals surface area (Å²) in [5.74, 6) is -0.236. The molecule has 0 aliphatic carbocycles. The van der Waals surface area contributed by atoms with Gasteiger partial charge < -0.3 is 10.1 Å². The van der Waals surface area contributed by atoms with Crippen LogP contribution in [-0.4, -0.2) is 42.6 Å². The summed E-state index contributed by atoms with van der Waals surface area (Å²) in [5.41, 5.74) is -0.274. The minimum Gasteiger partial charge on any atom is -0.497 e. The van der Waals surface area contributed by atoms with Crippen molar-refractivity contribution in [3.8, 4) is 5.75 Å². The van der Waals surface area contributed by atoms with E-state index in [4.69, 9.17) is 16.3 Å². The number of ether oxygens (including phenoxy) is 1. The molecule has 148 valence electrons. The third-order valence-electron chi connectivity index (χ3n) is 4.79. The van der Waals surface area contributed by atoms with Gasteiger partial charge in [-0.1, -0.05) is 29.8 Å². The standard InChI is InChI=1S/C20H21ClFN3O3/c1-20(13-6-4-7-14(10-13)28-3)18(26)25(19(27)23-20)12-24(2)11-15-16(21)8-5-9-17(15)22/h4-10H,11-12H2,1-3H3,(H,23,27)/t20-/m1/s1. The third-order valence-corrected chi connectivity index (χ3v) is 5.15. The number of carbonyl (C=O) groups excluding carboxylic acids is 2. The van der Waals surface area contributed by atoms with E-state index in [9.17, 15) is 14.0 Å². The van der Waals surface area contributed by atoms with E-state index in [1.807, 2.05) is 0 Å². The van der Waals surface area contributed by atoms with Gasteiger partial charge in [-0.2, -0.15) is 0 Å². The molecule has 3 amide bonds. The Morgan fingerprint density at radius 3 is 2.64 bits per heavy atom. The number of nitrogens with zero attached hydrogens (tertiary/aromatic N) is 2. The summed E-state index contributed by atoms with van der Waals surface area (Å²) < 4.78 is 19.2. The maximum Gasteiger partial charge on any atom is 0.326 e. The number of imide groups is 1. The molecule has 28 heavy (non-hydrogen) atoms. The minimum atomic E-state index is -1.21. The lowest BCUT2D eigenvalue weighted by molar-refractivity contribution is -0.132. The molecule has 3 rings (SSSR count). The largest absolute Gasteiger partial charge is 0.497 e. The molecule has 0 radical (unpaired) electrons. The molecule has 0 unspecified atom stereocenters. The van der Waals surface area contributed by atoms with Gasteiger partial charge >= 0.3 is 6.03 Å². The van der Waals surface area contributed by atoms with Gasteiger partial charge in [0.1, 0.15) is 17.1 Å². The van der Waals surface area contributed by atoms with Crippen molar-refractivity contribution in [3.05, 3.63) is 64.4 Å². The molecule has 0 spiro atoms. The van der Waals surface area contributed by atoms with Crippen LogP contribution in [0.4, 0.5) is 9.18 Å². The fourth-order valence-electron chi connectivity index (χ4n) is 3.20. The van der Waals surface area contributed by atoms with Gasteiger partial charge in [-0.15, -0.1) is 0 Å². The summed E-state index contributed by atoms with van der Waals surface area (Å²) in [4.78, 5) is 28.3.